The highest BCUT2D eigenvalue weighted by Crippen LogP contribution is 2.48. The summed E-state index contributed by atoms with van der Waals surface area (Å²) in [5.74, 6) is 0.170. The number of carbonyl (C=O) groups excluding carboxylic acids is 1. The lowest BCUT2D eigenvalue weighted by Crippen LogP contribution is -2.39. The third-order valence-corrected chi connectivity index (χ3v) is 7.81. The van der Waals surface area contributed by atoms with Crippen LogP contribution in [0.2, 0.25) is 0 Å². The lowest BCUT2D eigenvalue weighted by atomic mass is 10.1. The second-order valence-corrected chi connectivity index (χ2v) is 10.5. The second-order valence-electron chi connectivity index (χ2n) is 8.50. The molecule has 8 nitrogen and oxygen atoms in total. The Labute approximate surface area is 207 Å². The van der Waals surface area contributed by atoms with Gasteiger partial charge in [0.2, 0.25) is 0 Å². The van der Waals surface area contributed by atoms with Gasteiger partial charge in [0.15, 0.2) is 0 Å². The van der Waals surface area contributed by atoms with Gasteiger partial charge in [-0.25, -0.2) is 9.65 Å². The van der Waals surface area contributed by atoms with Crippen molar-refractivity contribution < 1.29 is 23.4 Å². The molecule has 0 saturated carbocycles. The van der Waals surface area contributed by atoms with E-state index in [0.717, 1.165) is 29.5 Å². The predicted octanol–water partition coefficient (Wildman–Crippen LogP) is 4.51. The molecule has 0 aliphatic rings. The van der Waals surface area contributed by atoms with Gasteiger partial charge in [0, 0.05) is 24.2 Å². The molecular formula is C26H36N3O5P. The fourth-order valence-corrected chi connectivity index (χ4v) is 5.96. The highest BCUT2D eigenvalue weighted by atomic mass is 31.2. The maximum atomic E-state index is 14.5. The van der Waals surface area contributed by atoms with Crippen molar-refractivity contribution in [3.63, 3.8) is 0 Å². The van der Waals surface area contributed by atoms with Crippen LogP contribution in [0.1, 0.15) is 25.0 Å². The topological polar surface area (TPSA) is 82.0 Å². The number of ether oxygens (including phenoxy) is 2. The van der Waals surface area contributed by atoms with Gasteiger partial charge >= 0.3 is 13.6 Å². The van der Waals surface area contributed by atoms with Crippen molar-refractivity contribution in [2.75, 3.05) is 41.0 Å². The lowest BCUT2D eigenvalue weighted by Gasteiger charge is -2.26. The molecule has 0 bridgehead atoms. The van der Waals surface area contributed by atoms with Gasteiger partial charge in [0.1, 0.15) is 11.8 Å². The third-order valence-electron chi connectivity index (χ3n) is 5.66. The first kappa shape index (κ1) is 27.0. The molecule has 0 amide bonds. The van der Waals surface area contributed by atoms with Crippen molar-refractivity contribution in [3.05, 3.63) is 65.9 Å². The molecule has 1 heterocycles. The number of benzene rings is 2. The van der Waals surface area contributed by atoms with E-state index in [9.17, 15) is 9.36 Å². The number of methoxy groups -OCH3 is 1. The molecule has 0 spiro atoms. The van der Waals surface area contributed by atoms with Gasteiger partial charge in [-0.15, -0.1) is 0 Å². The highest BCUT2D eigenvalue weighted by Gasteiger charge is 2.35. The van der Waals surface area contributed by atoms with Crippen molar-refractivity contribution >= 4 is 24.5 Å². The van der Waals surface area contributed by atoms with Crippen LogP contribution in [0.3, 0.4) is 0 Å². The van der Waals surface area contributed by atoms with Crippen molar-refractivity contribution in [1.29, 1.82) is 0 Å². The predicted molar refractivity (Wildman–Crippen MR) is 139 cm³/mol. The molecular weight excluding hydrogens is 465 g/mol. The zero-order valence-electron chi connectivity index (χ0n) is 21.2. The van der Waals surface area contributed by atoms with Crippen molar-refractivity contribution in [1.82, 2.24) is 14.3 Å². The number of esters is 1. The first-order chi connectivity index (χ1) is 16.8. The van der Waals surface area contributed by atoms with Crippen LogP contribution in [-0.2, 0) is 31.5 Å². The maximum Gasteiger partial charge on any atom is 0.373 e. The highest BCUT2D eigenvalue weighted by molar-refractivity contribution is 7.55. The van der Waals surface area contributed by atoms with E-state index in [-0.39, 0.29) is 13.2 Å². The average molecular weight is 502 g/mol. The van der Waals surface area contributed by atoms with Gasteiger partial charge in [0.05, 0.1) is 25.8 Å². The van der Waals surface area contributed by atoms with Gasteiger partial charge in [-0.1, -0.05) is 30.3 Å². The largest absolute Gasteiger partial charge is 0.497 e. The molecule has 2 unspecified atom stereocenters. The number of carbonyl (C=O) groups is 1. The van der Waals surface area contributed by atoms with Crippen molar-refractivity contribution in [2.45, 2.75) is 32.7 Å². The summed E-state index contributed by atoms with van der Waals surface area (Å²) in [7, 11) is 1.88. The SMILES string of the molecule is CCOC(=O)C(Cc1ccccc1)NP(=O)(OCC)n1cc(CCN(C)C)c2ccc(OC)cc21. The van der Waals surface area contributed by atoms with Crippen LogP contribution in [0.15, 0.2) is 54.7 Å². The van der Waals surface area contributed by atoms with E-state index in [1.54, 1.807) is 25.3 Å². The fourth-order valence-electron chi connectivity index (χ4n) is 3.96. The van der Waals surface area contributed by atoms with E-state index in [1.165, 1.54) is 0 Å². The summed E-state index contributed by atoms with van der Waals surface area (Å²) in [5, 5.41) is 4.02. The van der Waals surface area contributed by atoms with E-state index in [2.05, 4.69) is 9.99 Å². The Morgan fingerprint density at radius 3 is 2.49 bits per heavy atom. The standard InChI is InChI=1S/C26H36N3O5P/c1-6-33-26(30)24(17-20-11-9-8-10-12-20)27-35(31,34-7-2)29-19-21(15-16-28(3)4)23-14-13-22(32-5)18-25(23)29/h8-14,18-19,24H,6-7,15-17H2,1-5H3,(H,27,31). The molecule has 190 valence electrons. The smallest absolute Gasteiger partial charge is 0.373 e. The Bertz CT molecular complexity index is 1160. The van der Waals surface area contributed by atoms with Crippen LogP contribution in [0.5, 0.6) is 5.75 Å². The van der Waals surface area contributed by atoms with E-state index >= 15 is 0 Å². The van der Waals surface area contributed by atoms with Crippen LogP contribution < -0.4 is 9.82 Å². The molecule has 3 aromatic rings. The molecule has 0 aliphatic carbocycles. The van der Waals surface area contributed by atoms with Crippen LogP contribution in [0.25, 0.3) is 10.9 Å². The van der Waals surface area contributed by atoms with Gasteiger partial charge in [-0.2, -0.15) is 0 Å². The number of likely N-dealkylation sites (N-methyl/N-ethyl adjacent to an activating group) is 1. The molecule has 2 atom stereocenters. The Kier molecular flexibility index (Phi) is 9.52. The van der Waals surface area contributed by atoms with Crippen LogP contribution in [0.4, 0.5) is 0 Å². The van der Waals surface area contributed by atoms with E-state index in [4.69, 9.17) is 14.0 Å². The van der Waals surface area contributed by atoms with Crippen LogP contribution in [0, 0.1) is 0 Å². The lowest BCUT2D eigenvalue weighted by molar-refractivity contribution is -0.145. The summed E-state index contributed by atoms with van der Waals surface area (Å²) in [4.78, 5) is 15.0. The number of aromatic nitrogens is 1. The molecule has 0 saturated heterocycles. The van der Waals surface area contributed by atoms with Gasteiger partial charge in [-0.3, -0.25) is 9.13 Å². The number of fused-ring (bicyclic) bond motifs is 1. The zero-order chi connectivity index (χ0) is 25.4. The summed E-state index contributed by atoms with van der Waals surface area (Å²) < 4.78 is 32.7. The van der Waals surface area contributed by atoms with Crippen molar-refractivity contribution in [2.24, 2.45) is 0 Å². The zero-order valence-corrected chi connectivity index (χ0v) is 22.1. The number of nitrogens with one attached hydrogen (secondary N) is 1. The van der Waals surface area contributed by atoms with E-state index < -0.39 is 19.7 Å². The van der Waals surface area contributed by atoms with Gasteiger partial charge < -0.3 is 18.9 Å². The first-order valence-electron chi connectivity index (χ1n) is 11.9. The molecule has 0 fully saturated rings. The molecule has 1 N–H and O–H groups in total. The van der Waals surface area contributed by atoms with Crippen LogP contribution >= 0.6 is 7.67 Å². The minimum absolute atomic E-state index is 0.196. The molecule has 2 aromatic carbocycles. The monoisotopic (exact) mass is 501 g/mol. The van der Waals surface area contributed by atoms with E-state index in [0.29, 0.717) is 17.7 Å². The third kappa shape index (κ3) is 6.73. The maximum absolute atomic E-state index is 14.5. The molecule has 0 radical (unpaired) electrons. The Morgan fingerprint density at radius 1 is 1.11 bits per heavy atom. The second kappa shape index (κ2) is 12.4. The van der Waals surface area contributed by atoms with Crippen LogP contribution in [-0.4, -0.2) is 62.2 Å². The van der Waals surface area contributed by atoms with Crippen molar-refractivity contribution in [3.8, 4) is 5.75 Å². The van der Waals surface area contributed by atoms with E-state index in [1.807, 2.05) is 68.8 Å². The Morgan fingerprint density at radius 2 is 1.86 bits per heavy atom. The summed E-state index contributed by atoms with van der Waals surface area (Å²) in [6.45, 7) is 4.79. The summed E-state index contributed by atoms with van der Waals surface area (Å²) >= 11 is 0. The molecule has 1 aromatic heterocycles. The Hall–Kier alpha value is -2.64. The molecule has 3 rings (SSSR count). The fraction of sp³-hybridized carbons (Fsp3) is 0.423. The van der Waals surface area contributed by atoms with Gasteiger partial charge in [-0.05, 0) is 64.0 Å². The summed E-state index contributed by atoms with van der Waals surface area (Å²) in [6.07, 6.45) is 2.94. The minimum Gasteiger partial charge on any atom is -0.497 e. The minimum atomic E-state index is -3.75. The normalized spacial score (nSPS) is 14.1. The van der Waals surface area contributed by atoms with Gasteiger partial charge in [0.25, 0.3) is 0 Å². The number of rotatable bonds is 13. The summed E-state index contributed by atoms with van der Waals surface area (Å²) in [5.41, 5.74) is 2.67. The first-order valence-corrected chi connectivity index (χ1v) is 13.5. The number of hydrogen-bond donors (Lipinski definition) is 1. The number of nitrogens with zero attached hydrogens (tertiary/aromatic N) is 2. The molecule has 9 heteroatoms. The average Bonchev–Trinajstić information content (AvgIpc) is 3.22. The number of hydrogen-bond acceptors (Lipinski definition) is 6. The Balaban J connectivity index is 2.08. The molecule has 35 heavy (non-hydrogen) atoms. The summed E-state index contributed by atoms with van der Waals surface area (Å²) in [6, 6.07) is 14.4. The quantitative estimate of drug-likeness (QED) is 0.273. The molecule has 0 aliphatic heterocycles.